The average molecular weight is 493 g/mol. The Bertz CT molecular complexity index is 1350. The van der Waals surface area contributed by atoms with Gasteiger partial charge >= 0.3 is 0 Å². The fraction of sp³-hybridized carbons (Fsp3) is 0.214. The first-order valence-corrected chi connectivity index (χ1v) is 11.8. The summed E-state index contributed by atoms with van der Waals surface area (Å²) in [5, 5.41) is -0.0521. The predicted octanol–water partition coefficient (Wildman–Crippen LogP) is 6.81. The molecule has 0 fully saturated rings. The highest BCUT2D eigenvalue weighted by Crippen LogP contribution is 2.33. The molecule has 34 heavy (non-hydrogen) atoms. The van der Waals surface area contributed by atoms with E-state index in [0.717, 1.165) is 11.1 Å². The van der Waals surface area contributed by atoms with Crippen molar-refractivity contribution < 1.29 is 19.2 Å². The molecule has 4 nitrogen and oxygen atoms in total. The van der Waals surface area contributed by atoms with Crippen LogP contribution in [0.3, 0.4) is 0 Å². The summed E-state index contributed by atoms with van der Waals surface area (Å²) in [6.07, 6.45) is 3.61. The zero-order chi connectivity index (χ0) is 24.6. The van der Waals surface area contributed by atoms with E-state index >= 15 is 0 Å². The Hall–Kier alpha value is -3.08. The van der Waals surface area contributed by atoms with Gasteiger partial charge in [-0.15, -0.1) is 0 Å². The molecule has 0 N–H and O–H groups in total. The molecular formula is C28H22Cl2O4. The van der Waals surface area contributed by atoms with Crippen LogP contribution in [-0.4, -0.2) is 23.1 Å². The lowest BCUT2D eigenvalue weighted by Gasteiger charge is -2.19. The van der Waals surface area contributed by atoms with Crippen molar-refractivity contribution in [2.45, 2.75) is 39.5 Å². The first kappa shape index (κ1) is 24.1. The van der Waals surface area contributed by atoms with Crippen molar-refractivity contribution >= 4 is 46.3 Å². The van der Waals surface area contributed by atoms with Gasteiger partial charge in [-0.1, -0.05) is 65.2 Å². The highest BCUT2D eigenvalue weighted by atomic mass is 35.5. The number of rotatable bonds is 6. The van der Waals surface area contributed by atoms with Gasteiger partial charge in [-0.3, -0.25) is 19.2 Å². The molecule has 0 saturated carbocycles. The van der Waals surface area contributed by atoms with Gasteiger partial charge in [0.05, 0.1) is 10.1 Å². The molecule has 0 unspecified atom stereocenters. The molecule has 0 bridgehead atoms. The summed E-state index contributed by atoms with van der Waals surface area (Å²) in [4.78, 5) is 51.2. The Balaban J connectivity index is 1.52. The molecular weight excluding hydrogens is 471 g/mol. The number of Topliss-reactive ketones (excluding diaryl/α,β-unsaturated/α-hetero) is 4. The Morgan fingerprint density at radius 3 is 1.91 bits per heavy atom. The van der Waals surface area contributed by atoms with Crippen LogP contribution in [0, 0.1) is 0 Å². The number of hydrogen-bond donors (Lipinski definition) is 0. The molecule has 0 heterocycles. The Morgan fingerprint density at radius 2 is 1.26 bits per heavy atom. The minimum Gasteiger partial charge on any atom is -0.289 e. The van der Waals surface area contributed by atoms with E-state index in [-0.39, 0.29) is 33.2 Å². The SMILES string of the molecule is CC(C)=CCC1=C(Cl)C(=O)c2ccc(CCCC3=C(Cl)C(=O)c4ccccc4C3=O)cc2C1=O. The van der Waals surface area contributed by atoms with Crippen LogP contribution >= 0.6 is 23.2 Å². The molecule has 0 aliphatic heterocycles. The van der Waals surface area contributed by atoms with Crippen molar-refractivity contribution in [1.82, 2.24) is 0 Å². The number of benzene rings is 2. The number of allylic oxidation sites excluding steroid dienone is 6. The number of hydrogen-bond acceptors (Lipinski definition) is 4. The number of carbonyl (C=O) groups excluding carboxylic acids is 4. The van der Waals surface area contributed by atoms with E-state index in [1.165, 1.54) is 0 Å². The first-order chi connectivity index (χ1) is 16.2. The van der Waals surface area contributed by atoms with Crippen LogP contribution in [0.5, 0.6) is 0 Å². The molecule has 0 atom stereocenters. The van der Waals surface area contributed by atoms with Crippen LogP contribution in [0.2, 0.25) is 0 Å². The van der Waals surface area contributed by atoms with Gasteiger partial charge in [0.2, 0.25) is 11.6 Å². The maximum Gasteiger partial charge on any atom is 0.205 e. The van der Waals surface area contributed by atoms with E-state index in [1.54, 1.807) is 42.5 Å². The van der Waals surface area contributed by atoms with Gasteiger partial charge in [-0.2, -0.15) is 0 Å². The molecule has 2 aliphatic rings. The van der Waals surface area contributed by atoms with Crippen LogP contribution < -0.4 is 0 Å². The maximum absolute atomic E-state index is 13.1. The Morgan fingerprint density at radius 1 is 0.706 bits per heavy atom. The van der Waals surface area contributed by atoms with Crippen molar-refractivity contribution in [3.63, 3.8) is 0 Å². The number of ketones is 4. The van der Waals surface area contributed by atoms with E-state index in [2.05, 4.69) is 0 Å². The molecule has 6 heteroatoms. The van der Waals surface area contributed by atoms with Crippen molar-refractivity contribution in [2.75, 3.05) is 0 Å². The van der Waals surface area contributed by atoms with Crippen molar-refractivity contribution in [3.8, 4) is 0 Å². The lowest BCUT2D eigenvalue weighted by atomic mass is 9.85. The molecule has 4 rings (SSSR count). The lowest BCUT2D eigenvalue weighted by molar-refractivity contribution is 0.0977. The molecule has 2 aromatic carbocycles. The molecule has 2 aliphatic carbocycles. The second-order valence-corrected chi connectivity index (χ2v) is 9.42. The molecule has 2 aromatic rings. The van der Waals surface area contributed by atoms with Gasteiger partial charge in [-0.05, 0) is 57.2 Å². The third-order valence-electron chi connectivity index (χ3n) is 6.07. The van der Waals surface area contributed by atoms with Gasteiger partial charge in [0.1, 0.15) is 0 Å². The number of halogens is 2. The third kappa shape index (κ3) is 4.36. The average Bonchev–Trinajstić information content (AvgIpc) is 2.83. The standard InChI is InChI=1S/C28H22Cl2O4/c1-15(2)10-12-21-24(30)28(34)19-13-11-16(14-22(19)26(21)32)6-5-9-20-23(29)27(33)18-8-4-3-7-17(18)25(20)31/h3-4,7-8,10-11,13-14H,5-6,9,12H2,1-2H3. The van der Waals surface area contributed by atoms with E-state index in [0.29, 0.717) is 59.1 Å². The van der Waals surface area contributed by atoms with E-state index in [1.807, 2.05) is 19.9 Å². The molecule has 0 spiro atoms. The minimum absolute atomic E-state index is 0.0231. The van der Waals surface area contributed by atoms with Crippen LogP contribution in [0.15, 0.2) is 75.3 Å². The molecule has 0 radical (unpaired) electrons. The summed E-state index contributed by atoms with van der Waals surface area (Å²) < 4.78 is 0. The van der Waals surface area contributed by atoms with Gasteiger partial charge in [0, 0.05) is 33.4 Å². The van der Waals surface area contributed by atoms with E-state index in [9.17, 15) is 19.2 Å². The first-order valence-electron chi connectivity index (χ1n) is 11.0. The summed E-state index contributed by atoms with van der Waals surface area (Å²) in [7, 11) is 0. The quantitative estimate of drug-likeness (QED) is 0.415. The Labute approximate surface area is 207 Å². The fourth-order valence-electron chi connectivity index (χ4n) is 4.23. The van der Waals surface area contributed by atoms with Gasteiger partial charge in [0.25, 0.3) is 0 Å². The molecule has 172 valence electrons. The number of carbonyl (C=O) groups is 4. The van der Waals surface area contributed by atoms with Crippen molar-refractivity contribution in [1.29, 1.82) is 0 Å². The van der Waals surface area contributed by atoms with Crippen LogP contribution in [0.1, 0.15) is 80.1 Å². The third-order valence-corrected chi connectivity index (χ3v) is 6.87. The number of fused-ring (bicyclic) bond motifs is 2. The van der Waals surface area contributed by atoms with Crippen molar-refractivity contribution in [3.05, 3.63) is 103 Å². The largest absolute Gasteiger partial charge is 0.289 e. The second-order valence-electron chi connectivity index (χ2n) is 8.67. The summed E-state index contributed by atoms with van der Waals surface area (Å²) in [6.45, 7) is 3.83. The van der Waals surface area contributed by atoms with Crippen LogP contribution in [-0.2, 0) is 6.42 Å². The molecule has 0 saturated heterocycles. The molecule has 0 amide bonds. The highest BCUT2D eigenvalue weighted by molar-refractivity contribution is 6.50. The normalized spacial score (nSPS) is 15.5. The maximum atomic E-state index is 13.1. The number of aryl methyl sites for hydroxylation is 1. The van der Waals surface area contributed by atoms with Gasteiger partial charge in [-0.25, -0.2) is 0 Å². The van der Waals surface area contributed by atoms with Crippen LogP contribution in [0.25, 0.3) is 0 Å². The van der Waals surface area contributed by atoms with Crippen LogP contribution in [0.4, 0.5) is 0 Å². The predicted molar refractivity (Wildman–Crippen MR) is 133 cm³/mol. The van der Waals surface area contributed by atoms with Crippen molar-refractivity contribution in [2.24, 2.45) is 0 Å². The van der Waals surface area contributed by atoms with E-state index in [4.69, 9.17) is 23.2 Å². The highest BCUT2D eigenvalue weighted by Gasteiger charge is 2.32. The van der Waals surface area contributed by atoms with Gasteiger partial charge in [0.15, 0.2) is 11.6 Å². The molecule has 0 aromatic heterocycles. The smallest absolute Gasteiger partial charge is 0.205 e. The summed E-state index contributed by atoms with van der Waals surface area (Å²) >= 11 is 12.5. The zero-order valence-electron chi connectivity index (χ0n) is 18.8. The van der Waals surface area contributed by atoms with Gasteiger partial charge < -0.3 is 0 Å². The lowest BCUT2D eigenvalue weighted by Crippen LogP contribution is -2.20. The summed E-state index contributed by atoms with van der Waals surface area (Å²) in [6, 6.07) is 11.8. The zero-order valence-corrected chi connectivity index (χ0v) is 20.3. The Kier molecular flexibility index (Phi) is 6.83. The summed E-state index contributed by atoms with van der Waals surface area (Å²) in [5.74, 6) is -1.15. The monoisotopic (exact) mass is 492 g/mol. The topological polar surface area (TPSA) is 68.3 Å². The van der Waals surface area contributed by atoms with E-state index < -0.39 is 0 Å². The second kappa shape index (κ2) is 9.65. The fourth-order valence-corrected chi connectivity index (χ4v) is 4.77. The minimum atomic E-state index is -0.345. The summed E-state index contributed by atoms with van der Waals surface area (Å²) in [5.41, 5.74) is 3.85.